The van der Waals surface area contributed by atoms with E-state index in [1.54, 1.807) is 0 Å². The van der Waals surface area contributed by atoms with Crippen molar-refractivity contribution in [1.29, 1.82) is 0 Å². The van der Waals surface area contributed by atoms with Crippen molar-refractivity contribution < 1.29 is 9.50 Å². The van der Waals surface area contributed by atoms with Crippen molar-refractivity contribution in [2.75, 3.05) is 29.9 Å². The van der Waals surface area contributed by atoms with Gasteiger partial charge in [0.1, 0.15) is 5.02 Å². The summed E-state index contributed by atoms with van der Waals surface area (Å²) in [5, 5.41) is 12.3. The molecule has 0 aliphatic heterocycles. The highest BCUT2D eigenvalue weighted by atomic mass is 35.5. The van der Waals surface area contributed by atoms with E-state index in [0.717, 1.165) is 25.7 Å². The smallest absolute Gasteiger partial charge is 0.169 e. The van der Waals surface area contributed by atoms with Crippen LogP contribution in [0.5, 0.6) is 0 Å². The van der Waals surface area contributed by atoms with Gasteiger partial charge >= 0.3 is 0 Å². The van der Waals surface area contributed by atoms with Crippen LogP contribution in [0.25, 0.3) is 0 Å². The van der Waals surface area contributed by atoms with Crippen LogP contribution in [0.2, 0.25) is 5.02 Å². The van der Waals surface area contributed by atoms with Crippen LogP contribution in [0.4, 0.5) is 21.5 Å². The standard InChI is InChI=1S/C14H21ClFN3O/c15-12-10(17)5-11(18)14(13(12)16)19-6-8-3-1-2-4-9(8)7-20/h5,8-9,19-20H,1-4,6-7,17-18H2. The number of nitrogen functional groups attached to an aromatic ring is 2. The summed E-state index contributed by atoms with van der Waals surface area (Å²) in [6, 6.07) is 1.46. The maximum Gasteiger partial charge on any atom is 0.169 e. The fourth-order valence-electron chi connectivity index (χ4n) is 2.87. The molecule has 0 saturated heterocycles. The van der Waals surface area contributed by atoms with Crippen molar-refractivity contribution in [3.63, 3.8) is 0 Å². The van der Waals surface area contributed by atoms with Crippen LogP contribution < -0.4 is 16.8 Å². The van der Waals surface area contributed by atoms with Crippen molar-refractivity contribution in [3.05, 3.63) is 16.9 Å². The number of aliphatic hydroxyl groups is 1. The molecular weight excluding hydrogens is 281 g/mol. The Morgan fingerprint density at radius 1 is 1.25 bits per heavy atom. The second-order valence-corrected chi connectivity index (χ2v) is 5.80. The molecule has 1 aromatic rings. The van der Waals surface area contributed by atoms with E-state index in [2.05, 4.69) is 5.32 Å². The quantitative estimate of drug-likeness (QED) is 0.644. The third kappa shape index (κ3) is 3.10. The van der Waals surface area contributed by atoms with E-state index in [1.807, 2.05) is 0 Å². The van der Waals surface area contributed by atoms with Gasteiger partial charge in [0.25, 0.3) is 0 Å². The molecule has 0 spiro atoms. The van der Waals surface area contributed by atoms with Gasteiger partial charge in [0.2, 0.25) is 0 Å². The predicted molar refractivity (Wildman–Crippen MR) is 81.3 cm³/mol. The zero-order valence-corrected chi connectivity index (χ0v) is 12.1. The van der Waals surface area contributed by atoms with E-state index in [0.29, 0.717) is 12.5 Å². The number of benzene rings is 1. The average Bonchev–Trinajstić information content (AvgIpc) is 2.45. The molecule has 6 N–H and O–H groups in total. The first kappa shape index (κ1) is 15.2. The summed E-state index contributed by atoms with van der Waals surface area (Å²) in [4.78, 5) is 0. The Morgan fingerprint density at radius 2 is 1.90 bits per heavy atom. The summed E-state index contributed by atoms with van der Waals surface area (Å²) in [5.74, 6) is -0.0193. The minimum absolute atomic E-state index is 0.107. The van der Waals surface area contributed by atoms with Crippen LogP contribution in [0, 0.1) is 17.7 Å². The molecule has 0 bridgehead atoms. The molecule has 1 saturated carbocycles. The highest BCUT2D eigenvalue weighted by Crippen LogP contribution is 2.35. The molecule has 20 heavy (non-hydrogen) atoms. The van der Waals surface area contributed by atoms with Gasteiger partial charge in [-0.3, -0.25) is 0 Å². The van der Waals surface area contributed by atoms with E-state index < -0.39 is 5.82 Å². The van der Waals surface area contributed by atoms with Gasteiger partial charge in [-0.05, 0) is 30.7 Å². The summed E-state index contributed by atoms with van der Waals surface area (Å²) < 4.78 is 14.1. The molecule has 0 amide bonds. The van der Waals surface area contributed by atoms with Crippen LogP contribution in [-0.2, 0) is 0 Å². The minimum Gasteiger partial charge on any atom is -0.397 e. The highest BCUT2D eigenvalue weighted by Gasteiger charge is 2.25. The first-order valence-electron chi connectivity index (χ1n) is 6.92. The molecule has 2 rings (SSSR count). The highest BCUT2D eigenvalue weighted by molar-refractivity contribution is 6.33. The molecule has 1 aliphatic carbocycles. The second-order valence-electron chi connectivity index (χ2n) is 5.43. The third-order valence-corrected chi connectivity index (χ3v) is 4.49. The van der Waals surface area contributed by atoms with Crippen molar-refractivity contribution in [3.8, 4) is 0 Å². The lowest BCUT2D eigenvalue weighted by atomic mass is 9.79. The summed E-state index contributed by atoms with van der Waals surface area (Å²) >= 11 is 5.80. The lowest BCUT2D eigenvalue weighted by Gasteiger charge is -2.30. The molecule has 0 heterocycles. The Labute approximate surface area is 123 Å². The summed E-state index contributed by atoms with van der Waals surface area (Å²) in [6.45, 7) is 0.749. The molecule has 2 atom stereocenters. The van der Waals surface area contributed by atoms with Gasteiger partial charge in [-0.2, -0.15) is 0 Å². The van der Waals surface area contributed by atoms with E-state index in [1.165, 1.54) is 6.07 Å². The Hall–Kier alpha value is -1.20. The Balaban J connectivity index is 2.09. The number of anilines is 3. The Kier molecular flexibility index (Phi) is 4.94. The lowest BCUT2D eigenvalue weighted by Crippen LogP contribution is -2.29. The van der Waals surface area contributed by atoms with Crippen molar-refractivity contribution >= 4 is 28.7 Å². The van der Waals surface area contributed by atoms with E-state index in [9.17, 15) is 9.50 Å². The normalized spacial score (nSPS) is 22.8. The molecule has 4 nitrogen and oxygen atoms in total. The lowest BCUT2D eigenvalue weighted by molar-refractivity contribution is 0.141. The molecule has 2 unspecified atom stereocenters. The van der Waals surface area contributed by atoms with Crippen LogP contribution in [0.15, 0.2) is 6.07 Å². The first-order chi connectivity index (χ1) is 9.54. The Bertz CT molecular complexity index is 484. The van der Waals surface area contributed by atoms with E-state index >= 15 is 0 Å². The number of hydrogen-bond donors (Lipinski definition) is 4. The summed E-state index contributed by atoms with van der Waals surface area (Å²) in [6.07, 6.45) is 4.33. The zero-order chi connectivity index (χ0) is 14.7. The molecule has 112 valence electrons. The van der Waals surface area contributed by atoms with Crippen LogP contribution in [-0.4, -0.2) is 18.3 Å². The fraction of sp³-hybridized carbons (Fsp3) is 0.571. The minimum atomic E-state index is -0.611. The molecule has 1 aromatic carbocycles. The maximum absolute atomic E-state index is 14.1. The van der Waals surface area contributed by atoms with Gasteiger partial charge in [0, 0.05) is 13.2 Å². The van der Waals surface area contributed by atoms with E-state index in [-0.39, 0.29) is 34.6 Å². The number of nitrogens with one attached hydrogen (secondary N) is 1. The number of halogens is 2. The molecule has 0 radical (unpaired) electrons. The summed E-state index contributed by atoms with van der Waals surface area (Å²) in [7, 11) is 0. The number of nitrogens with two attached hydrogens (primary N) is 2. The number of rotatable bonds is 4. The maximum atomic E-state index is 14.1. The monoisotopic (exact) mass is 301 g/mol. The van der Waals surface area contributed by atoms with Crippen molar-refractivity contribution in [1.82, 2.24) is 0 Å². The topological polar surface area (TPSA) is 84.3 Å². The van der Waals surface area contributed by atoms with Gasteiger partial charge in [0.15, 0.2) is 5.82 Å². The largest absolute Gasteiger partial charge is 0.397 e. The van der Waals surface area contributed by atoms with Crippen LogP contribution in [0.3, 0.4) is 0 Å². The summed E-state index contributed by atoms with van der Waals surface area (Å²) in [5.41, 5.74) is 11.9. The van der Waals surface area contributed by atoms with Crippen molar-refractivity contribution in [2.24, 2.45) is 11.8 Å². The Morgan fingerprint density at radius 3 is 2.55 bits per heavy atom. The zero-order valence-electron chi connectivity index (χ0n) is 11.3. The molecular formula is C14H21ClFN3O. The first-order valence-corrected chi connectivity index (χ1v) is 7.30. The van der Waals surface area contributed by atoms with Crippen molar-refractivity contribution in [2.45, 2.75) is 25.7 Å². The van der Waals surface area contributed by atoms with Gasteiger partial charge in [-0.1, -0.05) is 24.4 Å². The SMILES string of the molecule is Nc1cc(N)c(NCC2CCCCC2CO)c(F)c1Cl. The molecule has 0 aromatic heterocycles. The van der Waals surface area contributed by atoms with Crippen LogP contribution in [0.1, 0.15) is 25.7 Å². The van der Waals surface area contributed by atoms with Gasteiger partial charge < -0.3 is 21.9 Å². The second kappa shape index (κ2) is 6.50. The predicted octanol–water partition coefficient (Wildman–Crippen LogP) is 2.85. The molecule has 1 aliphatic rings. The van der Waals surface area contributed by atoms with Gasteiger partial charge in [-0.15, -0.1) is 0 Å². The third-order valence-electron chi connectivity index (χ3n) is 4.11. The average molecular weight is 302 g/mol. The van der Waals surface area contributed by atoms with Crippen LogP contribution >= 0.6 is 11.6 Å². The number of aliphatic hydroxyl groups excluding tert-OH is 1. The van der Waals surface area contributed by atoms with Gasteiger partial charge in [-0.25, -0.2) is 4.39 Å². The van der Waals surface area contributed by atoms with Gasteiger partial charge in [0.05, 0.1) is 17.1 Å². The molecule has 6 heteroatoms. The van der Waals surface area contributed by atoms with E-state index in [4.69, 9.17) is 23.1 Å². The molecule has 1 fully saturated rings. The fourth-order valence-corrected chi connectivity index (χ4v) is 3.02. The number of hydrogen-bond acceptors (Lipinski definition) is 4.